The highest BCUT2D eigenvalue weighted by Crippen LogP contribution is 2.36. The Morgan fingerprint density at radius 1 is 1.00 bits per heavy atom. The van der Waals surface area contributed by atoms with Crippen LogP contribution >= 0.6 is 0 Å². The van der Waals surface area contributed by atoms with Crippen molar-refractivity contribution in [3.05, 3.63) is 55.0 Å². The van der Waals surface area contributed by atoms with Gasteiger partial charge in [0.25, 0.3) is 5.88 Å². The molecule has 3 aromatic heterocycles. The summed E-state index contributed by atoms with van der Waals surface area (Å²) < 4.78 is 21.9. The molecule has 3 atom stereocenters. The smallest absolute Gasteiger partial charge is 0.257 e. The van der Waals surface area contributed by atoms with Gasteiger partial charge in [-0.1, -0.05) is 6.07 Å². The maximum Gasteiger partial charge on any atom is 0.257 e. The summed E-state index contributed by atoms with van der Waals surface area (Å²) in [5.41, 5.74) is 2.82. The molecule has 13 nitrogen and oxygen atoms in total. The number of aromatic nitrogens is 7. The summed E-state index contributed by atoms with van der Waals surface area (Å²) in [7, 11) is 0. The molecule has 0 spiro atoms. The van der Waals surface area contributed by atoms with E-state index in [9.17, 15) is 5.26 Å². The van der Waals surface area contributed by atoms with Crippen LogP contribution in [0.2, 0.25) is 0 Å². The van der Waals surface area contributed by atoms with Crippen molar-refractivity contribution in [3.8, 4) is 28.8 Å². The van der Waals surface area contributed by atoms with Gasteiger partial charge in [0.05, 0.1) is 42.7 Å². The largest absolute Gasteiger partial charge is 0.487 e. The van der Waals surface area contributed by atoms with Crippen molar-refractivity contribution >= 4 is 11.6 Å². The predicted molar refractivity (Wildman–Crippen MR) is 176 cm³/mol. The number of benzene rings is 1. The number of hydrogen-bond acceptors (Lipinski definition) is 11. The van der Waals surface area contributed by atoms with Gasteiger partial charge >= 0.3 is 0 Å². The Bertz CT molecular complexity index is 1630. The van der Waals surface area contributed by atoms with Gasteiger partial charge in [-0.15, -0.1) is 5.10 Å². The zero-order valence-corrected chi connectivity index (χ0v) is 27.8. The number of hydrogen-bond donors (Lipinski definition) is 1. The molecule has 6 rings (SSSR count). The van der Waals surface area contributed by atoms with E-state index in [4.69, 9.17) is 19.3 Å². The fourth-order valence-electron chi connectivity index (χ4n) is 6.56. The van der Waals surface area contributed by atoms with Gasteiger partial charge in [-0.3, -0.25) is 9.58 Å². The normalized spacial score (nSPS) is 22.5. The van der Waals surface area contributed by atoms with Gasteiger partial charge < -0.3 is 19.5 Å². The van der Waals surface area contributed by atoms with Crippen LogP contribution in [0.4, 0.5) is 11.6 Å². The highest BCUT2D eigenvalue weighted by atomic mass is 16.5. The molecule has 248 valence electrons. The fraction of sp³-hybridized carbons (Fsp3) is 0.529. The van der Waals surface area contributed by atoms with E-state index in [1.54, 1.807) is 29.5 Å². The second-order valence-corrected chi connectivity index (χ2v) is 13.0. The third-order valence-corrected chi connectivity index (χ3v) is 8.62. The van der Waals surface area contributed by atoms with Gasteiger partial charge in [0.15, 0.2) is 0 Å². The molecule has 47 heavy (non-hydrogen) atoms. The molecule has 1 saturated carbocycles. The first kappa shape index (κ1) is 32.4. The maximum absolute atomic E-state index is 9.66. The van der Waals surface area contributed by atoms with Crippen LogP contribution < -0.4 is 14.8 Å². The van der Waals surface area contributed by atoms with Gasteiger partial charge in [-0.2, -0.15) is 10.4 Å². The fourth-order valence-corrected chi connectivity index (χ4v) is 6.56. The maximum atomic E-state index is 9.66. The molecule has 0 amide bonds. The van der Waals surface area contributed by atoms with Crippen LogP contribution in [0.3, 0.4) is 0 Å². The Morgan fingerprint density at radius 2 is 1.72 bits per heavy atom. The van der Waals surface area contributed by atoms with Gasteiger partial charge in [0.2, 0.25) is 5.95 Å². The second-order valence-electron chi connectivity index (χ2n) is 13.0. The van der Waals surface area contributed by atoms with Crippen molar-refractivity contribution in [2.75, 3.05) is 18.4 Å². The minimum absolute atomic E-state index is 0.0324. The summed E-state index contributed by atoms with van der Waals surface area (Å²) in [6, 6.07) is 8.57. The molecule has 0 bridgehead atoms. The summed E-state index contributed by atoms with van der Waals surface area (Å²) in [5.74, 6) is 1.47. The molecule has 1 aromatic carbocycles. The molecule has 13 heteroatoms. The molecule has 2 fully saturated rings. The molecule has 4 heterocycles. The van der Waals surface area contributed by atoms with Gasteiger partial charge in [-0.05, 0) is 78.0 Å². The minimum atomic E-state index is -0.225. The lowest BCUT2D eigenvalue weighted by Crippen LogP contribution is -2.51. The highest BCUT2D eigenvalue weighted by Gasteiger charge is 2.32. The summed E-state index contributed by atoms with van der Waals surface area (Å²) in [5, 5.41) is 22.0. The number of nitrogens with zero attached hydrogens (tertiary/aromatic N) is 9. The third-order valence-electron chi connectivity index (χ3n) is 8.62. The van der Waals surface area contributed by atoms with E-state index in [0.717, 1.165) is 55.6 Å². The molecule has 0 unspecified atom stereocenters. The van der Waals surface area contributed by atoms with Gasteiger partial charge in [0.1, 0.15) is 36.3 Å². The Balaban J connectivity index is 1.12. The monoisotopic (exact) mass is 640 g/mol. The Kier molecular flexibility index (Phi) is 9.98. The Labute approximate surface area is 275 Å². The number of morpholine rings is 1. The van der Waals surface area contributed by atoms with E-state index >= 15 is 0 Å². The van der Waals surface area contributed by atoms with E-state index in [2.05, 4.69) is 54.9 Å². The van der Waals surface area contributed by atoms with Gasteiger partial charge in [0, 0.05) is 37.1 Å². The number of rotatable bonds is 11. The average Bonchev–Trinajstić information content (AvgIpc) is 3.70. The first-order valence-corrected chi connectivity index (χ1v) is 16.5. The van der Waals surface area contributed by atoms with E-state index in [0.29, 0.717) is 41.8 Å². The number of ether oxygens (including phenoxy) is 3. The zero-order chi connectivity index (χ0) is 32.9. The van der Waals surface area contributed by atoms with Crippen molar-refractivity contribution in [3.63, 3.8) is 0 Å². The van der Waals surface area contributed by atoms with Crippen LogP contribution in [0.15, 0.2) is 49.4 Å². The quantitative estimate of drug-likeness (QED) is 0.225. The SMILES string of the molecule is CC(C)Oc1nn([C@H]2CC[C@H](N3C[C@@H](C)O[C@@H](C)C3)CC2)cc1Nc1ncc(-c2ccc(C#N)c(O[C@@H](C)Cn3cncn3)c2)cn1. The molecular formula is C34H44N10O3. The zero-order valence-electron chi connectivity index (χ0n) is 27.8. The standard InChI is InChI=1S/C34H44N10O3/c1-22(2)45-33-31(19-44(41-33)30-10-8-29(9-11-30)42-16-23(3)46-24(4)17-42)40-34-37-14-28(15-38-34)26-6-7-27(13-35)32(12-26)47-25(5)18-43-21-36-20-39-43/h6-7,12,14-15,19-25,29-30H,8-11,16-18H2,1-5H3,(H,37,38,40)/t23-,24+,25-,29-,30-/m0/s1. The second kappa shape index (κ2) is 14.5. The molecule has 1 saturated heterocycles. The van der Waals surface area contributed by atoms with Crippen molar-refractivity contribution in [1.82, 2.24) is 39.4 Å². The highest BCUT2D eigenvalue weighted by molar-refractivity contribution is 5.67. The topological polar surface area (TPSA) is 141 Å². The third kappa shape index (κ3) is 8.07. The van der Waals surface area contributed by atoms with Crippen molar-refractivity contribution < 1.29 is 14.2 Å². The summed E-state index contributed by atoms with van der Waals surface area (Å²) in [6.45, 7) is 12.8. The first-order valence-electron chi connectivity index (χ1n) is 16.5. The van der Waals surface area contributed by atoms with Crippen LogP contribution in [-0.4, -0.2) is 83.0 Å². The molecule has 1 N–H and O–H groups in total. The van der Waals surface area contributed by atoms with Crippen molar-refractivity contribution in [2.45, 2.75) is 103 Å². The van der Waals surface area contributed by atoms with Crippen molar-refractivity contribution in [1.29, 1.82) is 5.26 Å². The lowest BCUT2D eigenvalue weighted by Gasteiger charge is -2.42. The average molecular weight is 641 g/mol. The van der Waals surface area contributed by atoms with E-state index in [1.807, 2.05) is 39.1 Å². The lowest BCUT2D eigenvalue weighted by atomic mass is 9.89. The number of anilines is 2. The Morgan fingerprint density at radius 3 is 2.38 bits per heavy atom. The van der Waals surface area contributed by atoms with E-state index < -0.39 is 0 Å². The molecule has 1 aliphatic carbocycles. The summed E-state index contributed by atoms with van der Waals surface area (Å²) >= 11 is 0. The van der Waals surface area contributed by atoms with Crippen LogP contribution in [-0.2, 0) is 11.3 Å². The molecule has 0 radical (unpaired) electrons. The number of nitrogens with one attached hydrogen (secondary N) is 1. The first-order chi connectivity index (χ1) is 22.7. The van der Waals surface area contributed by atoms with Crippen LogP contribution in [0, 0.1) is 11.3 Å². The Hall–Kier alpha value is -4.54. The lowest BCUT2D eigenvalue weighted by molar-refractivity contribution is -0.0852. The minimum Gasteiger partial charge on any atom is -0.487 e. The van der Waals surface area contributed by atoms with E-state index in [1.165, 1.54) is 6.33 Å². The molecule has 1 aliphatic heterocycles. The summed E-state index contributed by atoms with van der Waals surface area (Å²) in [6.07, 6.45) is 13.3. The van der Waals surface area contributed by atoms with Crippen LogP contribution in [0.5, 0.6) is 11.6 Å². The van der Waals surface area contributed by atoms with Crippen LogP contribution in [0.25, 0.3) is 11.1 Å². The van der Waals surface area contributed by atoms with E-state index in [-0.39, 0.29) is 24.4 Å². The summed E-state index contributed by atoms with van der Waals surface area (Å²) in [4.78, 5) is 15.8. The molecule has 2 aliphatic rings. The molecular weight excluding hydrogens is 596 g/mol. The van der Waals surface area contributed by atoms with Crippen LogP contribution in [0.1, 0.15) is 71.9 Å². The number of nitriles is 1. The van der Waals surface area contributed by atoms with Gasteiger partial charge in [-0.25, -0.2) is 19.6 Å². The predicted octanol–water partition coefficient (Wildman–Crippen LogP) is 5.39. The molecule has 4 aromatic rings. The van der Waals surface area contributed by atoms with Crippen molar-refractivity contribution in [2.24, 2.45) is 0 Å².